The highest BCUT2D eigenvalue weighted by Crippen LogP contribution is 2.28. The number of likely N-dealkylation sites (tertiary alicyclic amines) is 1. The van der Waals surface area contributed by atoms with E-state index in [4.69, 9.17) is 4.74 Å². The molecule has 27 heavy (non-hydrogen) atoms. The first-order valence-corrected chi connectivity index (χ1v) is 9.04. The molecule has 0 aliphatic carbocycles. The topological polar surface area (TPSA) is 71.1 Å². The van der Waals surface area contributed by atoms with Gasteiger partial charge in [-0.25, -0.2) is 9.59 Å². The van der Waals surface area contributed by atoms with Gasteiger partial charge in [-0.1, -0.05) is 19.1 Å². The molecule has 2 fully saturated rings. The van der Waals surface area contributed by atoms with Crippen LogP contribution in [-0.4, -0.2) is 60.3 Å². The molecule has 1 aromatic carbocycles. The molecule has 0 aromatic heterocycles. The number of hydrogen-bond acceptors (Lipinski definition) is 4. The van der Waals surface area contributed by atoms with Gasteiger partial charge in [0.1, 0.15) is 12.4 Å². The van der Waals surface area contributed by atoms with E-state index < -0.39 is 6.61 Å². The second-order valence-electron chi connectivity index (χ2n) is 6.57. The van der Waals surface area contributed by atoms with Gasteiger partial charge in [0, 0.05) is 19.1 Å². The van der Waals surface area contributed by atoms with E-state index in [2.05, 4.69) is 10.1 Å². The van der Waals surface area contributed by atoms with Crippen molar-refractivity contribution in [3.05, 3.63) is 24.3 Å². The fourth-order valence-electron chi connectivity index (χ4n) is 3.54. The summed E-state index contributed by atoms with van der Waals surface area (Å²) in [5.41, 5.74) is 0.194. The number of alkyl halides is 2. The highest BCUT2D eigenvalue weighted by molar-refractivity contribution is 5.91. The van der Waals surface area contributed by atoms with Crippen molar-refractivity contribution in [2.24, 2.45) is 0 Å². The SMILES string of the molecule is CCC1COC(=O)N1C1CCN(C(=O)Nc2ccccc2OC(F)F)CC1. The summed E-state index contributed by atoms with van der Waals surface area (Å²) in [6.45, 7) is 0.395. The summed E-state index contributed by atoms with van der Waals surface area (Å²) in [5, 5.41) is 2.62. The summed E-state index contributed by atoms with van der Waals surface area (Å²) in [6.07, 6.45) is 1.83. The third-order valence-electron chi connectivity index (χ3n) is 4.96. The minimum Gasteiger partial charge on any atom is -0.447 e. The van der Waals surface area contributed by atoms with Crippen molar-refractivity contribution in [2.75, 3.05) is 25.0 Å². The Hall–Kier alpha value is -2.58. The molecule has 3 rings (SSSR count). The van der Waals surface area contributed by atoms with Gasteiger partial charge in [-0.15, -0.1) is 0 Å². The minimum absolute atomic E-state index is 0.0449. The number of piperidine rings is 1. The maximum atomic E-state index is 12.5. The summed E-state index contributed by atoms with van der Waals surface area (Å²) in [5.74, 6) is -0.0821. The van der Waals surface area contributed by atoms with Gasteiger partial charge in [-0.3, -0.25) is 4.90 Å². The predicted octanol–water partition coefficient (Wildman–Crippen LogP) is 3.52. The number of benzene rings is 1. The van der Waals surface area contributed by atoms with E-state index in [0.717, 1.165) is 6.42 Å². The Morgan fingerprint density at radius 1 is 1.33 bits per heavy atom. The number of nitrogens with one attached hydrogen (secondary N) is 1. The lowest BCUT2D eigenvalue weighted by Gasteiger charge is -2.37. The van der Waals surface area contributed by atoms with Crippen LogP contribution in [0.3, 0.4) is 0 Å². The van der Waals surface area contributed by atoms with E-state index in [1.54, 1.807) is 21.9 Å². The quantitative estimate of drug-likeness (QED) is 0.845. The molecule has 0 radical (unpaired) electrons. The lowest BCUT2D eigenvalue weighted by atomic mass is 10.0. The smallest absolute Gasteiger partial charge is 0.410 e. The largest absolute Gasteiger partial charge is 0.447 e. The standard InChI is InChI=1S/C18H23F2N3O4/c1-2-12-11-26-18(25)23(12)13-7-9-22(10-8-13)17(24)21-14-5-3-4-6-15(14)27-16(19)20/h3-6,12-13,16H,2,7-11H2,1H3,(H,21,24). The van der Waals surface area contributed by atoms with Gasteiger partial charge >= 0.3 is 18.7 Å². The molecule has 0 saturated carbocycles. The van der Waals surface area contributed by atoms with E-state index in [1.807, 2.05) is 6.92 Å². The van der Waals surface area contributed by atoms with E-state index in [1.165, 1.54) is 12.1 Å². The van der Waals surface area contributed by atoms with Crippen LogP contribution in [0.2, 0.25) is 0 Å². The van der Waals surface area contributed by atoms with Crippen LogP contribution in [0.25, 0.3) is 0 Å². The lowest BCUT2D eigenvalue weighted by molar-refractivity contribution is -0.0493. The van der Waals surface area contributed by atoms with Crippen LogP contribution in [0.5, 0.6) is 5.75 Å². The fraction of sp³-hybridized carbons (Fsp3) is 0.556. The normalized spacial score (nSPS) is 20.7. The Morgan fingerprint density at radius 3 is 2.70 bits per heavy atom. The van der Waals surface area contributed by atoms with E-state index in [-0.39, 0.29) is 35.6 Å². The molecule has 2 aliphatic heterocycles. The Balaban J connectivity index is 1.57. The van der Waals surface area contributed by atoms with Crippen molar-refractivity contribution in [3.8, 4) is 5.75 Å². The number of carbonyl (C=O) groups is 2. The average Bonchev–Trinajstić information content (AvgIpc) is 3.03. The van der Waals surface area contributed by atoms with Gasteiger partial charge in [0.05, 0.1) is 11.7 Å². The molecule has 7 nitrogen and oxygen atoms in total. The minimum atomic E-state index is -2.97. The number of halogens is 2. The molecule has 2 aliphatic rings. The van der Waals surface area contributed by atoms with Crippen LogP contribution in [0, 0.1) is 0 Å². The van der Waals surface area contributed by atoms with E-state index in [0.29, 0.717) is 32.5 Å². The number of cyclic esters (lactones) is 1. The molecule has 1 unspecified atom stereocenters. The van der Waals surface area contributed by atoms with Crippen LogP contribution in [0.15, 0.2) is 24.3 Å². The number of urea groups is 1. The summed E-state index contributed by atoms with van der Waals surface area (Å²) < 4.78 is 34.5. The Morgan fingerprint density at radius 2 is 2.04 bits per heavy atom. The average molecular weight is 383 g/mol. The zero-order valence-corrected chi connectivity index (χ0v) is 15.1. The summed E-state index contributed by atoms with van der Waals surface area (Å²) in [7, 11) is 0. The molecule has 1 N–H and O–H groups in total. The highest BCUT2D eigenvalue weighted by Gasteiger charge is 2.38. The first kappa shape index (κ1) is 19.2. The van der Waals surface area contributed by atoms with Gasteiger partial charge < -0.3 is 19.7 Å². The summed E-state index contributed by atoms with van der Waals surface area (Å²) >= 11 is 0. The molecule has 9 heteroatoms. The number of nitrogens with zero attached hydrogens (tertiary/aromatic N) is 2. The summed E-state index contributed by atoms with van der Waals surface area (Å²) in [4.78, 5) is 27.8. The van der Waals surface area contributed by atoms with Crippen molar-refractivity contribution < 1.29 is 27.8 Å². The molecule has 2 heterocycles. The molecule has 2 saturated heterocycles. The maximum Gasteiger partial charge on any atom is 0.410 e. The van der Waals surface area contributed by atoms with Gasteiger partial charge in [0.25, 0.3) is 0 Å². The molecular weight excluding hydrogens is 360 g/mol. The Bertz CT molecular complexity index is 680. The van der Waals surface area contributed by atoms with Crippen molar-refractivity contribution in [1.82, 2.24) is 9.80 Å². The fourth-order valence-corrected chi connectivity index (χ4v) is 3.54. The van der Waals surface area contributed by atoms with Gasteiger partial charge in [0.2, 0.25) is 0 Å². The zero-order chi connectivity index (χ0) is 19.4. The number of amides is 3. The molecule has 0 bridgehead atoms. The van der Waals surface area contributed by atoms with Crippen molar-refractivity contribution in [3.63, 3.8) is 0 Å². The first-order valence-electron chi connectivity index (χ1n) is 9.04. The van der Waals surface area contributed by atoms with E-state index >= 15 is 0 Å². The number of hydrogen-bond donors (Lipinski definition) is 1. The predicted molar refractivity (Wildman–Crippen MR) is 94.0 cm³/mol. The van der Waals surface area contributed by atoms with Gasteiger partial charge in [0.15, 0.2) is 0 Å². The third-order valence-corrected chi connectivity index (χ3v) is 4.96. The zero-order valence-electron chi connectivity index (χ0n) is 15.1. The number of para-hydroxylation sites is 2. The molecule has 1 atom stereocenters. The van der Waals surface area contributed by atoms with E-state index in [9.17, 15) is 18.4 Å². The second kappa shape index (κ2) is 8.41. The van der Waals surface area contributed by atoms with Crippen molar-refractivity contribution in [1.29, 1.82) is 0 Å². The number of carbonyl (C=O) groups excluding carboxylic acids is 2. The van der Waals surface area contributed by atoms with Gasteiger partial charge in [-0.05, 0) is 31.4 Å². The maximum absolute atomic E-state index is 12.5. The molecule has 148 valence electrons. The monoisotopic (exact) mass is 383 g/mol. The van der Waals surface area contributed by atoms with Crippen LogP contribution >= 0.6 is 0 Å². The highest BCUT2D eigenvalue weighted by atomic mass is 19.3. The number of anilines is 1. The lowest BCUT2D eigenvalue weighted by Crippen LogP contribution is -2.50. The van der Waals surface area contributed by atoms with Crippen molar-refractivity contribution in [2.45, 2.75) is 44.9 Å². The van der Waals surface area contributed by atoms with Crippen LogP contribution < -0.4 is 10.1 Å². The molecule has 0 spiro atoms. The number of ether oxygens (including phenoxy) is 2. The Kier molecular flexibility index (Phi) is 5.98. The molecule has 3 amide bonds. The van der Waals surface area contributed by atoms with Gasteiger partial charge in [-0.2, -0.15) is 8.78 Å². The third kappa shape index (κ3) is 4.40. The molecular formula is C18H23F2N3O4. The number of rotatable bonds is 5. The second-order valence-corrected chi connectivity index (χ2v) is 6.57. The van der Waals surface area contributed by atoms with Crippen LogP contribution in [0.4, 0.5) is 24.1 Å². The van der Waals surface area contributed by atoms with Crippen LogP contribution in [-0.2, 0) is 4.74 Å². The summed E-state index contributed by atoms with van der Waals surface area (Å²) in [6, 6.07) is 5.81. The first-order chi connectivity index (χ1) is 13.0. The Labute approximate surface area is 156 Å². The van der Waals surface area contributed by atoms with Crippen molar-refractivity contribution >= 4 is 17.8 Å². The van der Waals surface area contributed by atoms with Crippen LogP contribution in [0.1, 0.15) is 26.2 Å². The molecule has 1 aromatic rings.